The fourth-order valence-electron chi connectivity index (χ4n) is 8.93. The zero-order valence-corrected chi connectivity index (χ0v) is 27.9. The summed E-state index contributed by atoms with van der Waals surface area (Å²) in [6, 6.07) is -2.27. The van der Waals surface area contributed by atoms with Crippen molar-refractivity contribution in [2.45, 2.75) is 109 Å². The fraction of sp³-hybridized carbons (Fsp3) is 0.758. The van der Waals surface area contributed by atoms with E-state index >= 15 is 0 Å². The van der Waals surface area contributed by atoms with Crippen molar-refractivity contribution < 1.29 is 48.8 Å². The molecule has 4 aliphatic rings. The Kier molecular flexibility index (Phi) is 10.8. The number of carbonyl (C=O) groups excluding carboxylic acids is 5. The van der Waals surface area contributed by atoms with E-state index in [1.54, 1.807) is 19.9 Å². The molecular formula is C33H48N2O10S. The summed E-state index contributed by atoms with van der Waals surface area (Å²) in [7, 11) is 0. The number of esters is 1. The molecule has 3 saturated carbocycles. The number of hydrogen-bond donors (Lipinski definition) is 6. The van der Waals surface area contributed by atoms with Gasteiger partial charge in [-0.2, -0.15) is 12.6 Å². The predicted octanol–water partition coefficient (Wildman–Crippen LogP) is 1.75. The molecule has 46 heavy (non-hydrogen) atoms. The molecule has 0 aromatic carbocycles. The van der Waals surface area contributed by atoms with Crippen LogP contribution in [0.1, 0.15) is 85.5 Å². The van der Waals surface area contributed by atoms with E-state index < -0.39 is 65.3 Å². The minimum absolute atomic E-state index is 0.0186. The maximum atomic E-state index is 13.5. The van der Waals surface area contributed by atoms with Crippen LogP contribution >= 0.6 is 12.6 Å². The molecule has 0 heterocycles. The van der Waals surface area contributed by atoms with Crippen LogP contribution in [0.25, 0.3) is 0 Å². The lowest BCUT2D eigenvalue weighted by molar-refractivity contribution is -0.184. The van der Waals surface area contributed by atoms with Crippen molar-refractivity contribution in [3.63, 3.8) is 0 Å². The van der Waals surface area contributed by atoms with Gasteiger partial charge in [0.05, 0.1) is 12.5 Å². The number of thiol groups is 1. The molecule has 0 radical (unpaired) electrons. The first-order valence-electron chi connectivity index (χ1n) is 16.2. The quantitative estimate of drug-likeness (QED) is 0.132. The van der Waals surface area contributed by atoms with E-state index in [4.69, 9.17) is 9.84 Å². The van der Waals surface area contributed by atoms with Crippen molar-refractivity contribution in [1.82, 2.24) is 10.6 Å². The predicted molar refractivity (Wildman–Crippen MR) is 168 cm³/mol. The second kappa shape index (κ2) is 13.8. The molecule has 3 fully saturated rings. The number of aliphatic hydroxyl groups is 2. The summed E-state index contributed by atoms with van der Waals surface area (Å²) in [5.41, 5.74) is -1.91. The molecule has 0 spiro atoms. The molecule has 12 nitrogen and oxygen atoms in total. The van der Waals surface area contributed by atoms with Gasteiger partial charge < -0.3 is 30.7 Å². The van der Waals surface area contributed by atoms with Crippen molar-refractivity contribution in [3.8, 4) is 0 Å². The summed E-state index contributed by atoms with van der Waals surface area (Å²) < 4.78 is 5.20. The van der Waals surface area contributed by atoms with E-state index in [1.165, 1.54) is 0 Å². The molecular weight excluding hydrogens is 616 g/mol. The van der Waals surface area contributed by atoms with Crippen LogP contribution in [-0.4, -0.2) is 86.8 Å². The van der Waals surface area contributed by atoms with E-state index in [-0.39, 0.29) is 66.3 Å². The summed E-state index contributed by atoms with van der Waals surface area (Å²) >= 11 is 3.92. The Morgan fingerprint density at radius 1 is 1.07 bits per heavy atom. The van der Waals surface area contributed by atoms with Crippen molar-refractivity contribution in [2.75, 3.05) is 12.4 Å². The van der Waals surface area contributed by atoms with Crippen LogP contribution in [0.5, 0.6) is 0 Å². The average molecular weight is 665 g/mol. The van der Waals surface area contributed by atoms with Crippen LogP contribution in [0.2, 0.25) is 0 Å². The third-order valence-electron chi connectivity index (χ3n) is 11.5. The number of fused-ring (bicyclic) bond motifs is 5. The largest absolute Gasteiger partial charge is 0.480 e. The zero-order valence-electron chi connectivity index (χ0n) is 27.0. The molecule has 9 atom stereocenters. The number of carboxylic acids is 1. The number of carboxylic acid groups (broad SMARTS) is 1. The van der Waals surface area contributed by atoms with Crippen LogP contribution in [0.4, 0.5) is 0 Å². The molecule has 4 aliphatic carbocycles. The highest BCUT2D eigenvalue weighted by atomic mass is 32.1. The Hall–Kier alpha value is -2.77. The maximum Gasteiger partial charge on any atom is 0.327 e. The molecule has 13 heteroatoms. The summed E-state index contributed by atoms with van der Waals surface area (Å²) in [5.74, 6) is -4.45. The number of aliphatic carboxylic acids is 1. The molecule has 0 aliphatic heterocycles. The molecule has 256 valence electrons. The van der Waals surface area contributed by atoms with Gasteiger partial charge in [-0.1, -0.05) is 33.3 Å². The van der Waals surface area contributed by atoms with E-state index in [9.17, 15) is 39.0 Å². The number of nitrogens with one attached hydrogen (secondary N) is 2. The third-order valence-corrected chi connectivity index (χ3v) is 11.9. The van der Waals surface area contributed by atoms with Gasteiger partial charge in [-0.05, 0) is 73.7 Å². The molecule has 0 unspecified atom stereocenters. The summed E-state index contributed by atoms with van der Waals surface area (Å²) in [6.07, 6.45) is 3.94. The van der Waals surface area contributed by atoms with Crippen molar-refractivity contribution >= 4 is 47.9 Å². The number of rotatable bonds is 12. The Morgan fingerprint density at radius 2 is 1.76 bits per heavy atom. The van der Waals surface area contributed by atoms with Gasteiger partial charge in [0.25, 0.3) is 0 Å². The summed E-state index contributed by atoms with van der Waals surface area (Å²) in [5, 5.41) is 37.4. The summed E-state index contributed by atoms with van der Waals surface area (Å²) in [4.78, 5) is 74.5. The normalized spacial score (nSPS) is 34.7. The second-order valence-electron chi connectivity index (χ2n) is 14.4. The van der Waals surface area contributed by atoms with Gasteiger partial charge in [-0.15, -0.1) is 0 Å². The molecule has 0 aromatic rings. The van der Waals surface area contributed by atoms with Crippen LogP contribution in [0.3, 0.4) is 0 Å². The lowest BCUT2D eigenvalue weighted by Crippen LogP contribution is -2.62. The first-order chi connectivity index (χ1) is 21.5. The minimum atomic E-state index is -1.79. The topological polar surface area (TPSA) is 196 Å². The molecule has 0 bridgehead atoms. The SMILES string of the molecule is CC(C)[C@@H](NC(=O)CCC(=O)OCC(=O)[C@@]1(O)CC[C@H]2[C@@H]3CCC4=CC(=O)CC[C@]4(C)[C@H]3[C@H](O)C[C@@]21C)C(=O)N[C@H](CS)C(=O)O. The Bertz CT molecular complexity index is 1300. The highest BCUT2D eigenvalue weighted by Gasteiger charge is 2.68. The van der Waals surface area contributed by atoms with Gasteiger partial charge in [0, 0.05) is 24.0 Å². The second-order valence-corrected chi connectivity index (χ2v) is 14.8. The van der Waals surface area contributed by atoms with Gasteiger partial charge in [0.2, 0.25) is 17.6 Å². The molecule has 2 amide bonds. The molecule has 4 rings (SSSR count). The maximum absolute atomic E-state index is 13.5. The smallest absolute Gasteiger partial charge is 0.327 e. The Morgan fingerprint density at radius 3 is 2.39 bits per heavy atom. The standard InChI is InChI=1S/C33H48N2O10S/c1-17(2)28(29(41)34-22(16-46)30(42)43)35-25(39)7-8-26(40)45-15-24(38)33(44)12-10-21-20-6-5-18-13-19(36)9-11-31(18,3)27(20)23(37)14-32(21,33)4/h13,17,20-23,27-28,37,44,46H,5-12,14-16H2,1-4H3,(H,34,41)(H,35,39)(H,42,43)/t20-,21-,22+,23+,27+,28+,31-,32-,33-/m0/s1. The van der Waals surface area contributed by atoms with Gasteiger partial charge in [0.15, 0.2) is 12.4 Å². The fourth-order valence-corrected chi connectivity index (χ4v) is 9.18. The highest BCUT2D eigenvalue weighted by molar-refractivity contribution is 7.80. The summed E-state index contributed by atoms with van der Waals surface area (Å²) in [6.45, 7) is 6.66. The van der Waals surface area contributed by atoms with Crippen LogP contribution < -0.4 is 10.6 Å². The minimum Gasteiger partial charge on any atom is -0.480 e. The first kappa shape index (κ1) is 36.1. The number of aliphatic hydroxyl groups excluding tert-OH is 1. The number of hydrogen-bond acceptors (Lipinski definition) is 10. The zero-order chi connectivity index (χ0) is 34.2. The number of allylic oxidation sites excluding steroid dienone is 1. The molecule has 0 aromatic heterocycles. The first-order valence-corrected chi connectivity index (χ1v) is 16.9. The van der Waals surface area contributed by atoms with Crippen LogP contribution in [0.15, 0.2) is 11.6 Å². The van der Waals surface area contributed by atoms with Crippen molar-refractivity contribution in [3.05, 3.63) is 11.6 Å². The van der Waals surface area contributed by atoms with Crippen LogP contribution in [-0.2, 0) is 33.5 Å². The van der Waals surface area contributed by atoms with Gasteiger partial charge in [-0.25, -0.2) is 4.79 Å². The van der Waals surface area contributed by atoms with E-state index in [0.717, 1.165) is 18.4 Å². The van der Waals surface area contributed by atoms with E-state index in [1.807, 2.05) is 6.92 Å². The number of Topliss-reactive ketones (excluding diaryl/α,β-unsaturated/α-hetero) is 1. The Labute approximate surface area is 274 Å². The molecule has 0 saturated heterocycles. The average Bonchev–Trinajstić information content (AvgIpc) is 3.26. The van der Waals surface area contributed by atoms with Crippen LogP contribution in [0, 0.1) is 34.5 Å². The highest BCUT2D eigenvalue weighted by Crippen LogP contribution is 2.67. The van der Waals surface area contributed by atoms with E-state index in [0.29, 0.717) is 19.3 Å². The van der Waals surface area contributed by atoms with E-state index in [2.05, 4.69) is 30.2 Å². The third kappa shape index (κ3) is 6.64. The Balaban J connectivity index is 1.33. The number of ketones is 2. The number of amides is 2. The number of carbonyl (C=O) groups is 6. The van der Waals surface area contributed by atoms with Crippen molar-refractivity contribution in [1.29, 1.82) is 0 Å². The lowest BCUT2D eigenvalue weighted by Gasteiger charge is -2.60. The number of ether oxygens (including phenoxy) is 1. The molecule has 5 N–H and O–H groups in total. The van der Waals surface area contributed by atoms with Gasteiger partial charge >= 0.3 is 11.9 Å². The van der Waals surface area contributed by atoms with Gasteiger partial charge in [-0.3, -0.25) is 24.0 Å². The monoisotopic (exact) mass is 664 g/mol. The lowest BCUT2D eigenvalue weighted by atomic mass is 9.45. The van der Waals surface area contributed by atoms with Crippen molar-refractivity contribution in [2.24, 2.45) is 34.5 Å². The van der Waals surface area contributed by atoms with Gasteiger partial charge in [0.1, 0.15) is 17.7 Å².